The van der Waals surface area contributed by atoms with Gasteiger partial charge in [-0.05, 0) is 49.7 Å². The topological polar surface area (TPSA) is 107 Å². The van der Waals surface area contributed by atoms with Crippen LogP contribution < -0.4 is 4.74 Å². The number of halogens is 7. The van der Waals surface area contributed by atoms with Crippen molar-refractivity contribution in [2.24, 2.45) is 0 Å². The molecule has 0 saturated carbocycles. The molecule has 4 aromatic heterocycles. The number of aromatic amines is 1. The number of alkyl halides is 4. The summed E-state index contributed by atoms with van der Waals surface area (Å²) in [5.41, 5.74) is 1.62. The van der Waals surface area contributed by atoms with Crippen molar-refractivity contribution in [1.29, 1.82) is 0 Å². The highest BCUT2D eigenvalue weighted by molar-refractivity contribution is 6.30. The maximum absolute atomic E-state index is 15.8. The van der Waals surface area contributed by atoms with Gasteiger partial charge < -0.3 is 14.0 Å². The van der Waals surface area contributed by atoms with Crippen molar-refractivity contribution in [2.45, 2.75) is 56.0 Å². The smallest absolute Gasteiger partial charge is 0.451 e. The third kappa shape index (κ3) is 7.02. The van der Waals surface area contributed by atoms with E-state index < -0.39 is 40.9 Å². The van der Waals surface area contributed by atoms with Crippen molar-refractivity contribution in [2.75, 3.05) is 19.7 Å². The number of H-pyrrole nitrogens is 1. The number of ether oxygens (including phenoxy) is 2. The van der Waals surface area contributed by atoms with Crippen LogP contribution in [-0.4, -0.2) is 80.9 Å². The lowest BCUT2D eigenvalue weighted by Crippen LogP contribution is -2.48. The monoisotopic (exact) mass is 719 g/mol. The Hall–Kier alpha value is -4.06. The lowest BCUT2D eigenvalue weighted by Gasteiger charge is -2.39. The molecule has 0 amide bonds. The van der Waals surface area contributed by atoms with Crippen LogP contribution in [0.4, 0.5) is 26.3 Å². The number of benzene rings is 1. The van der Waals surface area contributed by atoms with E-state index in [4.69, 9.17) is 26.1 Å². The third-order valence-corrected chi connectivity index (χ3v) is 9.37. The summed E-state index contributed by atoms with van der Waals surface area (Å²) in [5, 5.41) is 5.12. The number of nitrogens with one attached hydrogen (secondary N) is 1. The second-order valence-electron chi connectivity index (χ2n) is 12.0. The van der Waals surface area contributed by atoms with Crippen molar-refractivity contribution >= 4 is 32.9 Å². The molecule has 6 heterocycles. The first kappa shape index (κ1) is 33.4. The van der Waals surface area contributed by atoms with E-state index in [-0.39, 0.29) is 47.7 Å². The molecule has 2 saturated heterocycles. The number of imidazole rings is 1. The zero-order chi connectivity index (χ0) is 34.5. The van der Waals surface area contributed by atoms with Crippen molar-refractivity contribution in [1.82, 2.24) is 39.6 Å². The summed E-state index contributed by atoms with van der Waals surface area (Å²) < 4.78 is 96.9. The van der Waals surface area contributed by atoms with Crippen LogP contribution in [0.3, 0.4) is 0 Å². The minimum Gasteiger partial charge on any atom is -0.471 e. The molecule has 7 rings (SSSR count). The van der Waals surface area contributed by atoms with E-state index in [1.165, 1.54) is 30.5 Å². The Morgan fingerprint density at radius 1 is 1.10 bits per heavy atom. The molecule has 255 valence electrons. The van der Waals surface area contributed by atoms with Gasteiger partial charge in [-0.2, -0.15) is 18.3 Å². The first-order valence-electron chi connectivity index (χ1n) is 15.2. The summed E-state index contributed by atoms with van der Waals surface area (Å²) in [6, 6.07) is 8.12. The van der Waals surface area contributed by atoms with E-state index >= 15 is 4.39 Å². The van der Waals surface area contributed by atoms with Crippen LogP contribution in [0, 0.1) is 11.6 Å². The molecule has 0 spiro atoms. The Labute approximate surface area is 283 Å². The number of likely N-dealkylation sites (tertiary alicyclic amines) is 1. The molecule has 2 aliphatic rings. The number of piperidine rings is 1. The van der Waals surface area contributed by atoms with E-state index in [9.17, 15) is 22.0 Å². The van der Waals surface area contributed by atoms with Gasteiger partial charge in [-0.3, -0.25) is 15.0 Å². The van der Waals surface area contributed by atoms with Crippen molar-refractivity contribution in [3.05, 3.63) is 82.2 Å². The van der Waals surface area contributed by atoms with Crippen LogP contribution in [0.2, 0.25) is 5.02 Å². The highest BCUT2D eigenvalue weighted by atomic mass is 35.5. The minimum atomic E-state index is -4.69. The normalized spacial score (nSPS) is 21.6. The van der Waals surface area contributed by atoms with Gasteiger partial charge in [0.15, 0.2) is 11.6 Å². The SMILES string of the molecule is Fc1cc(Cl)ccc1COc1nc(C2CCN(Cc3nc4cc(-c5n[nH]c(C(F)(F)F)n5)ncc4n3C[C@]3([Si])CCO3)CC2F)ccc1F. The fourth-order valence-electron chi connectivity index (χ4n) is 5.90. The Morgan fingerprint density at radius 3 is 2.61 bits per heavy atom. The van der Waals surface area contributed by atoms with E-state index in [0.717, 1.165) is 18.6 Å². The fraction of sp³-hybridized carbons (Fsp3) is 0.387. The van der Waals surface area contributed by atoms with Gasteiger partial charge in [-0.15, -0.1) is 0 Å². The molecule has 0 bridgehead atoms. The van der Waals surface area contributed by atoms with Crippen LogP contribution in [0.1, 0.15) is 41.7 Å². The molecule has 5 aromatic rings. The van der Waals surface area contributed by atoms with E-state index in [1.54, 1.807) is 0 Å². The predicted octanol–water partition coefficient (Wildman–Crippen LogP) is 5.75. The number of rotatable bonds is 9. The maximum Gasteiger partial charge on any atom is 0.451 e. The molecule has 1 N–H and O–H groups in total. The Balaban J connectivity index is 1.08. The molecule has 0 aliphatic carbocycles. The zero-order valence-electron chi connectivity index (χ0n) is 25.4. The Kier molecular flexibility index (Phi) is 8.87. The highest BCUT2D eigenvalue weighted by Gasteiger charge is 2.37. The van der Waals surface area contributed by atoms with E-state index in [2.05, 4.69) is 30.3 Å². The lowest BCUT2D eigenvalue weighted by molar-refractivity contribution is -0.144. The fourth-order valence-corrected chi connectivity index (χ4v) is 6.42. The number of fused-ring (bicyclic) bond motifs is 1. The standard InChI is InChI=1S/C31H26ClF6N8O2Si/c32-17-2-1-16(20(34)9-17)14-47-28-19(33)3-4-22(41-28)18-5-7-45(12-21(18)35)13-26-40-23-10-24(27-42-29(44-43-27)31(36,37)38)39-11-25(23)46(26)15-30(49)6-8-48-30/h1-4,9-11,18,21H,5-8,12-15H2,(H,42,43,44)/t18?,21?,30-/m1/s1. The van der Waals surface area contributed by atoms with Gasteiger partial charge in [-0.25, -0.2) is 28.1 Å². The first-order valence-corrected chi connectivity index (χ1v) is 16.1. The van der Waals surface area contributed by atoms with Gasteiger partial charge >= 0.3 is 6.18 Å². The van der Waals surface area contributed by atoms with Gasteiger partial charge in [0.05, 0.1) is 44.9 Å². The third-order valence-electron chi connectivity index (χ3n) is 8.58. The van der Waals surface area contributed by atoms with Gasteiger partial charge in [0.2, 0.25) is 5.82 Å². The van der Waals surface area contributed by atoms with Crippen LogP contribution in [0.25, 0.3) is 22.6 Å². The largest absolute Gasteiger partial charge is 0.471 e. The maximum atomic E-state index is 15.8. The summed E-state index contributed by atoms with van der Waals surface area (Å²) >= 11 is 5.79. The van der Waals surface area contributed by atoms with Crippen LogP contribution in [0.15, 0.2) is 42.6 Å². The average molecular weight is 720 g/mol. The molecular weight excluding hydrogens is 694 g/mol. The molecule has 18 heteroatoms. The molecule has 3 atom stereocenters. The summed E-state index contributed by atoms with van der Waals surface area (Å²) in [6.45, 7) is 1.35. The molecule has 2 unspecified atom stereocenters. The molecule has 10 nitrogen and oxygen atoms in total. The summed E-state index contributed by atoms with van der Waals surface area (Å²) in [5.74, 6) is -3.26. The summed E-state index contributed by atoms with van der Waals surface area (Å²) in [6.07, 6.45) is -3.49. The predicted molar refractivity (Wildman–Crippen MR) is 164 cm³/mol. The second-order valence-corrected chi connectivity index (χ2v) is 13.3. The molecule has 2 fully saturated rings. The van der Waals surface area contributed by atoms with Gasteiger partial charge in [0.25, 0.3) is 5.88 Å². The van der Waals surface area contributed by atoms with Crippen molar-refractivity contribution < 1.29 is 35.8 Å². The minimum absolute atomic E-state index is 0.0233. The van der Waals surface area contributed by atoms with E-state index in [1.807, 2.05) is 14.6 Å². The molecule has 49 heavy (non-hydrogen) atoms. The van der Waals surface area contributed by atoms with Crippen LogP contribution >= 0.6 is 11.6 Å². The lowest BCUT2D eigenvalue weighted by atomic mass is 9.91. The summed E-state index contributed by atoms with van der Waals surface area (Å²) in [7, 11) is 3.69. The molecule has 3 radical (unpaired) electrons. The molecule has 1 aromatic carbocycles. The number of nitrogens with zero attached hydrogens (tertiary/aromatic N) is 7. The second kappa shape index (κ2) is 13.0. The van der Waals surface area contributed by atoms with Gasteiger partial charge in [0, 0.05) is 36.2 Å². The zero-order valence-corrected chi connectivity index (χ0v) is 27.2. The number of hydrogen-bond donors (Lipinski definition) is 1. The highest BCUT2D eigenvalue weighted by Crippen LogP contribution is 2.34. The molecule has 2 aliphatic heterocycles. The number of pyridine rings is 2. The van der Waals surface area contributed by atoms with E-state index in [0.29, 0.717) is 48.7 Å². The molecular formula is C31H26ClF6N8O2Si. The van der Waals surface area contributed by atoms with Crippen LogP contribution in [-0.2, 0) is 30.6 Å². The van der Waals surface area contributed by atoms with Crippen molar-refractivity contribution in [3.8, 4) is 17.4 Å². The summed E-state index contributed by atoms with van der Waals surface area (Å²) in [4.78, 5) is 18.7. The quantitative estimate of drug-likeness (QED) is 0.152. The first-order chi connectivity index (χ1) is 23.3. The van der Waals surface area contributed by atoms with Gasteiger partial charge in [0.1, 0.15) is 30.1 Å². The average Bonchev–Trinajstić information content (AvgIpc) is 3.66. The van der Waals surface area contributed by atoms with Crippen molar-refractivity contribution in [3.63, 3.8) is 0 Å². The number of aromatic nitrogens is 7. The number of hydrogen-bond acceptors (Lipinski definition) is 8. The Morgan fingerprint density at radius 2 is 1.92 bits per heavy atom. The van der Waals surface area contributed by atoms with Gasteiger partial charge in [-0.1, -0.05) is 17.7 Å². The van der Waals surface area contributed by atoms with Crippen LogP contribution in [0.5, 0.6) is 5.88 Å². The Bertz CT molecular complexity index is 2000.